The molecule has 19 nitrogen and oxygen atoms in total. The summed E-state index contributed by atoms with van der Waals surface area (Å²) in [6.07, 6.45) is -0.694. The van der Waals surface area contributed by atoms with Gasteiger partial charge in [-0.3, -0.25) is 0 Å². The summed E-state index contributed by atoms with van der Waals surface area (Å²) < 4.78 is 34.1. The minimum atomic E-state index is -1.53. The van der Waals surface area contributed by atoms with Crippen molar-refractivity contribution in [1.29, 1.82) is 0 Å². The predicted molar refractivity (Wildman–Crippen MR) is 179 cm³/mol. The molecule has 53 heavy (non-hydrogen) atoms. The van der Waals surface area contributed by atoms with Crippen LogP contribution in [0.5, 0.6) is 23.0 Å². The molecule has 0 spiro atoms. The summed E-state index contributed by atoms with van der Waals surface area (Å²) in [4.78, 5) is 43.7. The lowest BCUT2D eigenvalue weighted by atomic mass is 10.1. The third-order valence-electron chi connectivity index (χ3n) is 6.85. The Morgan fingerprint density at radius 3 is 1.51 bits per heavy atom. The number of aliphatic hydroxyl groups excluding tert-OH is 7. The first-order valence-corrected chi connectivity index (χ1v) is 14.9. The molecule has 4 atom stereocenters. The highest BCUT2D eigenvalue weighted by molar-refractivity contribution is 5.90. The summed E-state index contributed by atoms with van der Waals surface area (Å²) >= 11 is 0. The van der Waals surface area contributed by atoms with Crippen molar-refractivity contribution in [3.63, 3.8) is 0 Å². The third kappa shape index (κ3) is 12.1. The number of hydrogen-bond acceptors (Lipinski definition) is 18. The number of rotatable bonds is 13. The minimum Gasteiger partial charge on any atom is -0.505 e. The van der Waals surface area contributed by atoms with Crippen LogP contribution >= 0.6 is 0 Å². The monoisotopic (exact) mass is 750 g/mol. The number of carboxylic acid groups (broad SMARTS) is 1. The number of carbonyl (C=O) groups excluding carboxylic acids is 3. The van der Waals surface area contributed by atoms with Crippen LogP contribution in [0.15, 0.2) is 71.6 Å². The van der Waals surface area contributed by atoms with Crippen molar-refractivity contribution in [2.75, 3.05) is 41.7 Å². The van der Waals surface area contributed by atoms with E-state index in [0.29, 0.717) is 34.1 Å². The molecule has 0 saturated heterocycles. The van der Waals surface area contributed by atoms with E-state index < -0.39 is 84.5 Å². The summed E-state index contributed by atoms with van der Waals surface area (Å²) in [5.41, 5.74) is 1.29. The number of esters is 3. The Bertz CT molecular complexity index is 1740. The molecule has 0 fully saturated rings. The molecule has 0 bridgehead atoms. The van der Waals surface area contributed by atoms with Crippen LogP contribution in [0.2, 0.25) is 0 Å². The molecular weight excluding hydrogens is 712 g/mol. The second-order valence-electron chi connectivity index (χ2n) is 10.3. The fourth-order valence-electron chi connectivity index (χ4n) is 4.08. The Kier molecular flexibility index (Phi) is 16.5. The lowest BCUT2D eigenvalue weighted by Gasteiger charge is -2.16. The van der Waals surface area contributed by atoms with Gasteiger partial charge in [0.1, 0.15) is 41.8 Å². The Balaban J connectivity index is 0.000000304. The Morgan fingerprint density at radius 1 is 0.717 bits per heavy atom. The minimum absolute atomic E-state index is 0.483. The maximum Gasteiger partial charge on any atom is 0.377 e. The van der Waals surface area contributed by atoms with Crippen LogP contribution in [0.4, 0.5) is 0 Å². The van der Waals surface area contributed by atoms with Gasteiger partial charge in [-0.1, -0.05) is 0 Å². The number of hydrogen-bond donors (Lipinski definition) is 8. The Morgan fingerprint density at radius 2 is 1.15 bits per heavy atom. The molecule has 2 heterocycles. The average molecular weight is 751 g/mol. The van der Waals surface area contributed by atoms with Gasteiger partial charge in [0.05, 0.1) is 35.0 Å². The van der Waals surface area contributed by atoms with Gasteiger partial charge in [0, 0.05) is 35.4 Å². The second-order valence-corrected chi connectivity index (χ2v) is 10.3. The summed E-state index contributed by atoms with van der Waals surface area (Å²) in [5, 5.41) is 72.0. The van der Waals surface area contributed by atoms with Gasteiger partial charge in [-0.15, -0.1) is 0 Å². The first-order valence-electron chi connectivity index (χ1n) is 14.9. The van der Waals surface area contributed by atoms with Crippen molar-refractivity contribution in [1.82, 2.24) is 0 Å². The zero-order valence-corrected chi connectivity index (χ0v) is 28.6. The molecule has 2 aromatic carbocycles. The third-order valence-corrected chi connectivity index (χ3v) is 6.85. The molecule has 0 radical (unpaired) electrons. The number of aliphatic hydroxyl groups is 7. The van der Waals surface area contributed by atoms with Crippen LogP contribution in [-0.2, 0) is 33.4 Å². The molecule has 0 saturated carbocycles. The molecule has 19 heteroatoms. The first kappa shape index (κ1) is 42.7. The number of ether oxygens (including phenoxy) is 7. The fourth-order valence-corrected chi connectivity index (χ4v) is 4.08. The fraction of sp³-hybridized carbons (Fsp3) is 0.294. The zero-order valence-electron chi connectivity index (χ0n) is 28.6. The van der Waals surface area contributed by atoms with E-state index in [-0.39, 0.29) is 0 Å². The van der Waals surface area contributed by atoms with Gasteiger partial charge in [0.25, 0.3) is 0 Å². The van der Waals surface area contributed by atoms with Crippen LogP contribution in [0.1, 0.15) is 11.1 Å². The summed E-state index contributed by atoms with van der Waals surface area (Å²) in [6, 6.07) is 10.2. The number of benzene rings is 2. The molecule has 0 aromatic heterocycles. The van der Waals surface area contributed by atoms with E-state index in [1.807, 2.05) is 0 Å². The number of aliphatic carboxylic acids is 1. The maximum absolute atomic E-state index is 11.8. The number of methoxy groups -OCH3 is 4. The quantitative estimate of drug-likeness (QED) is 0.0812. The smallest absolute Gasteiger partial charge is 0.377 e. The van der Waals surface area contributed by atoms with Crippen molar-refractivity contribution in [3.8, 4) is 23.0 Å². The van der Waals surface area contributed by atoms with Crippen LogP contribution < -0.4 is 18.9 Å². The average Bonchev–Trinajstić information content (AvgIpc) is 3.58. The molecule has 2 unspecified atom stereocenters. The van der Waals surface area contributed by atoms with E-state index in [2.05, 4.69) is 9.47 Å². The number of carboxylic acids is 1. The van der Waals surface area contributed by atoms with Gasteiger partial charge in [-0.05, 0) is 36.4 Å². The van der Waals surface area contributed by atoms with E-state index in [1.165, 1.54) is 33.5 Å². The summed E-state index contributed by atoms with van der Waals surface area (Å²) in [7, 11) is 6.06. The van der Waals surface area contributed by atoms with Crippen LogP contribution in [0.3, 0.4) is 0 Å². The molecule has 0 amide bonds. The van der Waals surface area contributed by atoms with Gasteiger partial charge in [-0.2, -0.15) is 0 Å². The van der Waals surface area contributed by atoms with Crippen molar-refractivity contribution in [2.45, 2.75) is 24.4 Å². The summed E-state index contributed by atoms with van der Waals surface area (Å²) in [5.74, 6) is -5.19. The maximum atomic E-state index is 11.8. The van der Waals surface area contributed by atoms with Crippen LogP contribution in [-0.4, -0.2) is 131 Å². The largest absolute Gasteiger partial charge is 0.505 e. The van der Waals surface area contributed by atoms with Gasteiger partial charge >= 0.3 is 23.9 Å². The summed E-state index contributed by atoms with van der Waals surface area (Å²) in [6.45, 7) is -1.23. The zero-order chi connectivity index (χ0) is 39.8. The van der Waals surface area contributed by atoms with Gasteiger partial charge < -0.3 is 74.0 Å². The predicted octanol–water partition coefficient (Wildman–Crippen LogP) is 1.27. The van der Waals surface area contributed by atoms with E-state index in [1.54, 1.807) is 43.5 Å². The molecule has 8 N–H and O–H groups in total. The van der Waals surface area contributed by atoms with Crippen molar-refractivity contribution in [3.05, 3.63) is 82.7 Å². The van der Waals surface area contributed by atoms with Crippen molar-refractivity contribution < 1.29 is 93.2 Å². The molecule has 2 aromatic rings. The molecule has 2 aliphatic heterocycles. The van der Waals surface area contributed by atoms with Crippen molar-refractivity contribution >= 4 is 36.0 Å². The first-order chi connectivity index (χ1) is 25.1. The van der Waals surface area contributed by atoms with Gasteiger partial charge in [0.15, 0.2) is 23.7 Å². The van der Waals surface area contributed by atoms with Crippen molar-refractivity contribution in [2.24, 2.45) is 0 Å². The second kappa shape index (κ2) is 20.4. The van der Waals surface area contributed by atoms with Gasteiger partial charge in [0.2, 0.25) is 11.5 Å². The number of carbonyl (C=O) groups is 4. The number of cyclic esters (lactones) is 2. The molecule has 2 aliphatic rings. The Labute approximate surface area is 301 Å². The highest BCUT2D eigenvalue weighted by Gasteiger charge is 2.40. The Hall–Kier alpha value is -6.44. The highest BCUT2D eigenvalue weighted by atomic mass is 16.6. The molecule has 4 rings (SSSR count). The topological polar surface area (TPSA) is 295 Å². The SMILES string of the molecule is COc1ccc(/C=C/C(=O)O)c(OC)c1.COc1ccc(/C=C/C(=O)OC[C@H](O)[C@H]2OC(=O)C(O)=C2O)c(OC)c1.O=C1OC(C(O)CO)C(O)=C1O. The van der Waals surface area contributed by atoms with Crippen LogP contribution in [0.25, 0.3) is 12.2 Å². The van der Waals surface area contributed by atoms with E-state index in [4.69, 9.17) is 54.3 Å². The standard InChI is InChI=1S/C17H18O9.C11H12O4.C6H8O6/c1-23-10-5-3-9(12(7-10)24-2)4-6-13(19)25-8-11(18)16-14(20)15(21)17(22)26-16;1-14-9-5-3-8(4-6-11(12)13)10(7-9)15-2;7-1-2(8)5-3(9)4(10)6(11)12-5/h3-7,11,16,18,20-21H,8H2,1-2H3;3-7H,1-2H3,(H,12,13);2,5,7-10H,1H2/b2*6-4+;/t11-,16+;;/m0../s1. The normalized spacial score (nSPS) is 17.6. The van der Waals surface area contributed by atoms with E-state index in [9.17, 15) is 29.4 Å². The van der Waals surface area contributed by atoms with E-state index >= 15 is 0 Å². The lowest BCUT2D eigenvalue weighted by molar-refractivity contribution is -0.152. The van der Waals surface area contributed by atoms with Crippen LogP contribution in [0, 0.1) is 0 Å². The molecule has 0 aliphatic carbocycles. The lowest BCUT2D eigenvalue weighted by Crippen LogP contribution is -2.33. The molecule has 288 valence electrons. The molecular formula is C34H38O19. The van der Waals surface area contributed by atoms with Gasteiger partial charge in [-0.25, -0.2) is 19.2 Å². The highest BCUT2D eigenvalue weighted by Crippen LogP contribution is 2.27. The van der Waals surface area contributed by atoms with E-state index in [0.717, 1.165) is 12.2 Å².